The average Bonchev–Trinajstić information content (AvgIpc) is 3.05. The number of nitrogens with zero attached hydrogens (tertiary/aromatic N) is 2. The first-order valence-electron chi connectivity index (χ1n) is 10.7. The number of hydrogen-bond donors (Lipinski definition) is 2. The van der Waals surface area contributed by atoms with Crippen molar-refractivity contribution in [3.8, 4) is 0 Å². The molecule has 1 aliphatic carbocycles. The van der Waals surface area contributed by atoms with E-state index < -0.39 is 5.91 Å². The number of likely N-dealkylation sites (tertiary alicyclic amines) is 1. The van der Waals surface area contributed by atoms with Gasteiger partial charge in [0.15, 0.2) is 0 Å². The van der Waals surface area contributed by atoms with Crippen molar-refractivity contribution >= 4 is 17.7 Å². The number of amides is 3. The van der Waals surface area contributed by atoms with Crippen molar-refractivity contribution in [2.24, 2.45) is 5.73 Å². The minimum Gasteiger partial charge on any atom is -0.366 e. The molecule has 2 heterocycles. The maximum absolute atomic E-state index is 13.0. The maximum atomic E-state index is 13.0. The van der Waals surface area contributed by atoms with Gasteiger partial charge >= 0.3 is 0 Å². The van der Waals surface area contributed by atoms with Gasteiger partial charge in [0.2, 0.25) is 11.8 Å². The minimum atomic E-state index is -0.540. The fourth-order valence-corrected chi connectivity index (χ4v) is 5.32. The highest BCUT2D eigenvalue weighted by atomic mass is 16.2. The second-order valence-electron chi connectivity index (χ2n) is 8.61. The SMILES string of the molecule is CC(=O)N[C@H]1CC[C@@H](N2CCC(N3Cc4cccc(C(N)=O)c4C3=O)CC2)CC1. The first-order valence-corrected chi connectivity index (χ1v) is 10.7. The summed E-state index contributed by atoms with van der Waals surface area (Å²) in [5.41, 5.74) is 7.21. The zero-order chi connectivity index (χ0) is 20.5. The van der Waals surface area contributed by atoms with Crippen LogP contribution in [0.1, 0.15) is 71.7 Å². The number of carbonyl (C=O) groups excluding carboxylic acids is 3. The van der Waals surface area contributed by atoms with Crippen molar-refractivity contribution in [3.05, 3.63) is 34.9 Å². The number of fused-ring (bicyclic) bond motifs is 1. The summed E-state index contributed by atoms with van der Waals surface area (Å²) in [6.45, 7) is 4.13. The predicted molar refractivity (Wildman–Crippen MR) is 109 cm³/mol. The molecule has 0 bridgehead atoms. The van der Waals surface area contributed by atoms with Crippen LogP contribution in [0.5, 0.6) is 0 Å². The van der Waals surface area contributed by atoms with Crippen LogP contribution in [0.25, 0.3) is 0 Å². The second-order valence-corrected chi connectivity index (χ2v) is 8.61. The van der Waals surface area contributed by atoms with Crippen LogP contribution < -0.4 is 11.1 Å². The van der Waals surface area contributed by atoms with Crippen molar-refractivity contribution < 1.29 is 14.4 Å². The predicted octanol–water partition coefficient (Wildman–Crippen LogP) is 1.65. The van der Waals surface area contributed by atoms with Gasteiger partial charge in [-0.3, -0.25) is 14.4 Å². The molecule has 7 nitrogen and oxygen atoms in total. The number of carbonyl (C=O) groups is 3. The highest BCUT2D eigenvalue weighted by molar-refractivity contribution is 6.09. The highest BCUT2D eigenvalue weighted by Crippen LogP contribution is 2.32. The third kappa shape index (κ3) is 4.01. The summed E-state index contributed by atoms with van der Waals surface area (Å²) < 4.78 is 0. The lowest BCUT2D eigenvalue weighted by Crippen LogP contribution is -2.50. The largest absolute Gasteiger partial charge is 0.366 e. The number of nitrogens with one attached hydrogen (secondary N) is 1. The number of nitrogens with two attached hydrogens (primary N) is 1. The molecule has 1 saturated carbocycles. The molecular weight excluding hydrogens is 368 g/mol. The van der Waals surface area contributed by atoms with Crippen LogP contribution in [0.4, 0.5) is 0 Å². The van der Waals surface area contributed by atoms with Crippen LogP contribution in [-0.2, 0) is 11.3 Å². The lowest BCUT2D eigenvalue weighted by Gasteiger charge is -2.42. The van der Waals surface area contributed by atoms with E-state index in [1.807, 2.05) is 11.0 Å². The number of piperidine rings is 1. The van der Waals surface area contributed by atoms with Gasteiger partial charge in [-0.1, -0.05) is 12.1 Å². The van der Waals surface area contributed by atoms with Crippen LogP contribution in [-0.4, -0.2) is 58.7 Å². The maximum Gasteiger partial charge on any atom is 0.255 e. The van der Waals surface area contributed by atoms with Crippen molar-refractivity contribution in [2.45, 2.75) is 70.1 Å². The Balaban J connectivity index is 1.33. The zero-order valence-corrected chi connectivity index (χ0v) is 17.0. The lowest BCUT2D eigenvalue weighted by molar-refractivity contribution is -0.120. The van der Waals surface area contributed by atoms with Crippen LogP contribution in [0.15, 0.2) is 18.2 Å². The average molecular weight is 399 g/mol. The number of rotatable bonds is 4. The Bertz CT molecular complexity index is 808. The van der Waals surface area contributed by atoms with Gasteiger partial charge in [-0.05, 0) is 50.2 Å². The van der Waals surface area contributed by atoms with E-state index in [1.54, 1.807) is 19.1 Å². The van der Waals surface area contributed by atoms with E-state index in [2.05, 4.69) is 10.2 Å². The molecule has 0 atom stereocenters. The van der Waals surface area contributed by atoms with E-state index in [0.717, 1.165) is 57.2 Å². The Morgan fingerprint density at radius 2 is 1.72 bits per heavy atom. The third-order valence-corrected chi connectivity index (χ3v) is 6.79. The molecule has 4 rings (SSSR count). The molecule has 0 aromatic heterocycles. The van der Waals surface area contributed by atoms with Gasteiger partial charge in [0.1, 0.15) is 0 Å². The molecule has 0 spiro atoms. The Morgan fingerprint density at radius 1 is 1.03 bits per heavy atom. The van der Waals surface area contributed by atoms with E-state index in [9.17, 15) is 14.4 Å². The summed E-state index contributed by atoms with van der Waals surface area (Å²) >= 11 is 0. The summed E-state index contributed by atoms with van der Waals surface area (Å²) in [4.78, 5) is 40.4. The summed E-state index contributed by atoms with van der Waals surface area (Å²) in [7, 11) is 0. The van der Waals surface area contributed by atoms with Gasteiger partial charge in [-0.25, -0.2) is 0 Å². The number of primary amides is 1. The monoisotopic (exact) mass is 398 g/mol. The van der Waals surface area contributed by atoms with E-state index in [-0.39, 0.29) is 17.9 Å². The minimum absolute atomic E-state index is 0.0522. The van der Waals surface area contributed by atoms with Gasteiger partial charge in [0.25, 0.3) is 5.91 Å². The molecule has 7 heteroatoms. The van der Waals surface area contributed by atoms with Crippen LogP contribution in [0, 0.1) is 0 Å². The third-order valence-electron chi connectivity index (χ3n) is 6.79. The number of hydrogen-bond acceptors (Lipinski definition) is 4. The van der Waals surface area contributed by atoms with Crippen molar-refractivity contribution in [1.82, 2.24) is 15.1 Å². The Labute approximate surface area is 171 Å². The zero-order valence-electron chi connectivity index (χ0n) is 17.0. The molecular formula is C22H30N4O3. The molecule has 29 heavy (non-hydrogen) atoms. The van der Waals surface area contributed by atoms with Gasteiger partial charge in [0, 0.05) is 44.7 Å². The van der Waals surface area contributed by atoms with Gasteiger partial charge in [-0.2, -0.15) is 0 Å². The fraction of sp³-hybridized carbons (Fsp3) is 0.591. The van der Waals surface area contributed by atoms with Gasteiger partial charge in [-0.15, -0.1) is 0 Å². The van der Waals surface area contributed by atoms with E-state index >= 15 is 0 Å². The van der Waals surface area contributed by atoms with E-state index in [1.165, 1.54) is 0 Å². The van der Waals surface area contributed by atoms with Gasteiger partial charge < -0.3 is 20.9 Å². The summed E-state index contributed by atoms with van der Waals surface area (Å²) in [6.07, 6.45) is 6.23. The standard InChI is InChI=1S/C22H30N4O3/c1-14(27)24-16-5-7-17(8-6-16)25-11-9-18(10-12-25)26-13-15-3-2-4-19(21(23)28)20(15)22(26)29/h2-4,16-18H,5-13H2,1H3,(H2,23,28)(H,24,27)/t16-,17+. The highest BCUT2D eigenvalue weighted by Gasteiger charge is 2.38. The molecule has 0 unspecified atom stereocenters. The molecule has 3 aliphatic rings. The number of benzene rings is 1. The van der Waals surface area contributed by atoms with Crippen LogP contribution in [0.2, 0.25) is 0 Å². The first kappa shape index (κ1) is 19.9. The fourth-order valence-electron chi connectivity index (χ4n) is 5.32. The topological polar surface area (TPSA) is 95.7 Å². The van der Waals surface area contributed by atoms with E-state index in [0.29, 0.717) is 29.8 Å². The second kappa shape index (κ2) is 8.14. The van der Waals surface area contributed by atoms with Crippen molar-refractivity contribution in [1.29, 1.82) is 0 Å². The molecule has 1 saturated heterocycles. The van der Waals surface area contributed by atoms with Gasteiger partial charge in [0.05, 0.1) is 11.1 Å². The summed E-state index contributed by atoms with van der Waals surface area (Å²) in [6, 6.07) is 6.47. The molecule has 3 N–H and O–H groups in total. The van der Waals surface area contributed by atoms with Crippen molar-refractivity contribution in [3.63, 3.8) is 0 Å². The summed E-state index contributed by atoms with van der Waals surface area (Å²) in [5.74, 6) is -0.532. The Morgan fingerprint density at radius 3 is 2.34 bits per heavy atom. The smallest absolute Gasteiger partial charge is 0.255 e. The summed E-state index contributed by atoms with van der Waals surface area (Å²) in [5, 5.41) is 3.04. The normalized spacial score (nSPS) is 25.7. The Hall–Kier alpha value is -2.41. The molecule has 2 fully saturated rings. The molecule has 1 aromatic carbocycles. The molecule has 1 aromatic rings. The van der Waals surface area contributed by atoms with Crippen LogP contribution >= 0.6 is 0 Å². The molecule has 2 aliphatic heterocycles. The first-order chi connectivity index (χ1) is 13.9. The lowest BCUT2D eigenvalue weighted by atomic mass is 9.88. The van der Waals surface area contributed by atoms with Crippen LogP contribution in [0.3, 0.4) is 0 Å². The molecule has 156 valence electrons. The van der Waals surface area contributed by atoms with E-state index in [4.69, 9.17) is 5.73 Å². The quantitative estimate of drug-likeness (QED) is 0.806. The van der Waals surface area contributed by atoms with Crippen molar-refractivity contribution in [2.75, 3.05) is 13.1 Å². The Kier molecular flexibility index (Phi) is 5.58. The molecule has 0 radical (unpaired) electrons. The molecule has 3 amide bonds.